The van der Waals surface area contributed by atoms with Crippen LogP contribution in [0.15, 0.2) is 12.4 Å². The van der Waals surface area contributed by atoms with Crippen LogP contribution in [0.3, 0.4) is 0 Å². The molecule has 12 nitrogen and oxygen atoms in total. The molecule has 2 heterocycles. The Morgan fingerprint density at radius 2 is 1.71 bits per heavy atom. The Labute approximate surface area is 136 Å². The second-order valence-electron chi connectivity index (χ2n) is 5.14. The summed E-state index contributed by atoms with van der Waals surface area (Å²) in [6, 6.07) is 0. The number of aryl methyl sites for hydroxylation is 2. The normalized spacial score (nSPS) is 10.7. The Hall–Kier alpha value is -3.28. The van der Waals surface area contributed by atoms with E-state index in [4.69, 9.17) is 0 Å². The van der Waals surface area contributed by atoms with Gasteiger partial charge < -0.3 is 24.6 Å². The highest BCUT2D eigenvalue weighted by molar-refractivity contribution is 6.02. The molecule has 0 spiro atoms. The van der Waals surface area contributed by atoms with Crippen molar-refractivity contribution in [3.63, 3.8) is 0 Å². The van der Waals surface area contributed by atoms with Crippen LogP contribution >= 0.6 is 0 Å². The number of nitrogens with one attached hydrogen (secondary N) is 2. The topological polar surface area (TPSA) is 140 Å². The lowest BCUT2D eigenvalue weighted by molar-refractivity contribution is -0.389. The zero-order chi connectivity index (χ0) is 18.0. The lowest BCUT2D eigenvalue weighted by atomic mass is 10.5. The average Bonchev–Trinajstić information content (AvgIpc) is 3.01. The van der Waals surface area contributed by atoms with E-state index in [1.54, 1.807) is 21.1 Å². The maximum absolute atomic E-state index is 12.2. The van der Waals surface area contributed by atoms with Gasteiger partial charge in [0.2, 0.25) is 5.82 Å². The molecule has 12 heteroatoms. The standard InChI is InChI=1S/C12H16N8O4/c1-17(2)16-12(22)10-13-7(5-18(10)3)14-11(21)9-15-8(20(23)24)6-19(9)4/h5-6H,1-4H3,(H,14,21)(H,16,22). The number of carbonyl (C=O) groups excluding carboxylic acids is 2. The Morgan fingerprint density at radius 3 is 2.25 bits per heavy atom. The van der Waals surface area contributed by atoms with Crippen LogP contribution in [0.5, 0.6) is 0 Å². The van der Waals surface area contributed by atoms with Gasteiger partial charge in [0, 0.05) is 34.4 Å². The number of aromatic nitrogens is 4. The quantitative estimate of drug-likeness (QED) is 0.555. The van der Waals surface area contributed by atoms with Crippen molar-refractivity contribution in [2.45, 2.75) is 0 Å². The third-order valence-corrected chi connectivity index (χ3v) is 2.90. The number of hydrogen-bond acceptors (Lipinski definition) is 7. The van der Waals surface area contributed by atoms with Crippen LogP contribution < -0.4 is 10.7 Å². The fourth-order valence-electron chi connectivity index (χ4n) is 1.91. The van der Waals surface area contributed by atoms with E-state index in [1.807, 2.05) is 0 Å². The molecule has 0 atom stereocenters. The van der Waals surface area contributed by atoms with E-state index in [1.165, 1.54) is 27.4 Å². The molecule has 0 unspecified atom stereocenters. The second-order valence-corrected chi connectivity index (χ2v) is 5.14. The zero-order valence-electron chi connectivity index (χ0n) is 13.5. The molecule has 0 aromatic carbocycles. The molecule has 0 aliphatic rings. The molecule has 0 radical (unpaired) electrons. The summed E-state index contributed by atoms with van der Waals surface area (Å²) in [6.07, 6.45) is 2.57. The highest BCUT2D eigenvalue weighted by Crippen LogP contribution is 2.12. The summed E-state index contributed by atoms with van der Waals surface area (Å²) in [4.78, 5) is 41.8. The zero-order valence-corrected chi connectivity index (χ0v) is 13.5. The summed E-state index contributed by atoms with van der Waals surface area (Å²) in [5.74, 6) is -1.50. The van der Waals surface area contributed by atoms with Crippen LogP contribution in [-0.4, -0.2) is 54.9 Å². The number of nitro groups is 1. The highest BCUT2D eigenvalue weighted by atomic mass is 16.6. The van der Waals surface area contributed by atoms with Crippen LogP contribution in [0, 0.1) is 10.1 Å². The number of rotatable bonds is 5. The van der Waals surface area contributed by atoms with E-state index in [2.05, 4.69) is 20.7 Å². The lowest BCUT2D eigenvalue weighted by Crippen LogP contribution is -2.37. The summed E-state index contributed by atoms with van der Waals surface area (Å²) in [5.41, 5.74) is 2.53. The van der Waals surface area contributed by atoms with Crippen LogP contribution in [0.4, 0.5) is 11.6 Å². The van der Waals surface area contributed by atoms with Crippen LogP contribution in [0.25, 0.3) is 0 Å². The van der Waals surface area contributed by atoms with E-state index < -0.39 is 22.6 Å². The summed E-state index contributed by atoms with van der Waals surface area (Å²) in [7, 11) is 6.36. The van der Waals surface area contributed by atoms with Gasteiger partial charge in [-0.1, -0.05) is 0 Å². The molecule has 0 saturated heterocycles. The fraction of sp³-hybridized carbons (Fsp3) is 0.333. The van der Waals surface area contributed by atoms with Gasteiger partial charge in [0.25, 0.3) is 0 Å². The first-order valence-corrected chi connectivity index (χ1v) is 6.69. The molecular weight excluding hydrogens is 320 g/mol. The molecular formula is C12H16N8O4. The Balaban J connectivity index is 2.18. The number of anilines is 1. The first-order chi connectivity index (χ1) is 11.2. The predicted molar refractivity (Wildman–Crippen MR) is 82.2 cm³/mol. The Kier molecular flexibility index (Phi) is 4.59. The van der Waals surface area contributed by atoms with E-state index in [0.29, 0.717) is 0 Å². The number of hydrazine groups is 1. The average molecular weight is 336 g/mol. The second kappa shape index (κ2) is 6.45. The van der Waals surface area contributed by atoms with Gasteiger partial charge in [0.15, 0.2) is 5.82 Å². The Bertz CT molecular complexity index is 806. The van der Waals surface area contributed by atoms with Crippen LogP contribution in [-0.2, 0) is 14.1 Å². The predicted octanol–water partition coefficient (Wildman–Crippen LogP) is -0.479. The maximum atomic E-state index is 12.2. The summed E-state index contributed by atoms with van der Waals surface area (Å²) >= 11 is 0. The van der Waals surface area contributed by atoms with Crippen molar-refractivity contribution >= 4 is 23.5 Å². The monoisotopic (exact) mass is 336 g/mol. The summed E-state index contributed by atoms with van der Waals surface area (Å²) in [5, 5.41) is 14.6. The van der Waals surface area contributed by atoms with Gasteiger partial charge in [0.05, 0.1) is 0 Å². The molecule has 2 rings (SSSR count). The van der Waals surface area contributed by atoms with Gasteiger partial charge in [0.1, 0.15) is 6.20 Å². The highest BCUT2D eigenvalue weighted by Gasteiger charge is 2.24. The van der Waals surface area contributed by atoms with E-state index in [-0.39, 0.29) is 17.5 Å². The molecule has 2 N–H and O–H groups in total. The van der Waals surface area contributed by atoms with Gasteiger partial charge in [-0.2, -0.15) is 0 Å². The third kappa shape index (κ3) is 3.55. The molecule has 0 fully saturated rings. The van der Waals surface area contributed by atoms with Crippen LogP contribution in [0.1, 0.15) is 21.2 Å². The SMILES string of the molecule is CN(C)NC(=O)c1nc(NC(=O)c2nc([N+](=O)[O-])cn2C)cn1C. The minimum atomic E-state index is -0.693. The number of carbonyl (C=O) groups is 2. The van der Waals surface area contributed by atoms with Crippen molar-refractivity contribution in [1.82, 2.24) is 29.5 Å². The van der Waals surface area contributed by atoms with E-state index >= 15 is 0 Å². The molecule has 0 saturated carbocycles. The molecule has 24 heavy (non-hydrogen) atoms. The summed E-state index contributed by atoms with van der Waals surface area (Å²) in [6.45, 7) is 0. The molecule has 2 amide bonds. The Morgan fingerprint density at radius 1 is 1.12 bits per heavy atom. The van der Waals surface area contributed by atoms with E-state index in [9.17, 15) is 19.7 Å². The smallest absolute Gasteiger partial charge is 0.358 e. The van der Waals surface area contributed by atoms with Crippen LogP contribution in [0.2, 0.25) is 0 Å². The van der Waals surface area contributed by atoms with Gasteiger partial charge >= 0.3 is 23.5 Å². The lowest BCUT2D eigenvalue weighted by Gasteiger charge is -2.10. The molecule has 128 valence electrons. The third-order valence-electron chi connectivity index (χ3n) is 2.90. The van der Waals surface area contributed by atoms with Crippen molar-refractivity contribution < 1.29 is 14.5 Å². The van der Waals surface area contributed by atoms with Gasteiger partial charge in [-0.3, -0.25) is 15.0 Å². The van der Waals surface area contributed by atoms with Gasteiger partial charge in [-0.15, -0.1) is 0 Å². The van der Waals surface area contributed by atoms with Crippen molar-refractivity contribution in [3.8, 4) is 0 Å². The molecule has 0 aliphatic heterocycles. The number of amides is 2. The fourth-order valence-corrected chi connectivity index (χ4v) is 1.91. The molecule has 2 aromatic heterocycles. The molecule has 0 aliphatic carbocycles. The van der Waals surface area contributed by atoms with Gasteiger partial charge in [-0.25, -0.2) is 9.99 Å². The number of imidazole rings is 2. The maximum Gasteiger partial charge on any atom is 0.382 e. The molecule has 2 aromatic rings. The largest absolute Gasteiger partial charge is 0.382 e. The van der Waals surface area contributed by atoms with Crippen molar-refractivity contribution in [2.24, 2.45) is 14.1 Å². The number of hydrogen-bond donors (Lipinski definition) is 2. The minimum absolute atomic E-state index is 0.0878. The van der Waals surface area contributed by atoms with Gasteiger partial charge in [-0.05, 0) is 9.91 Å². The molecule has 0 bridgehead atoms. The summed E-state index contributed by atoms with van der Waals surface area (Å²) < 4.78 is 2.67. The minimum Gasteiger partial charge on any atom is -0.358 e. The number of nitrogens with zero attached hydrogens (tertiary/aromatic N) is 6. The van der Waals surface area contributed by atoms with E-state index in [0.717, 1.165) is 6.20 Å². The van der Waals surface area contributed by atoms with Crippen molar-refractivity contribution in [3.05, 3.63) is 34.2 Å². The first kappa shape index (κ1) is 17.1. The van der Waals surface area contributed by atoms with Crippen molar-refractivity contribution in [2.75, 3.05) is 19.4 Å². The van der Waals surface area contributed by atoms with Crippen molar-refractivity contribution in [1.29, 1.82) is 0 Å². The first-order valence-electron chi connectivity index (χ1n) is 6.69.